The van der Waals surface area contributed by atoms with Crippen LogP contribution >= 0.6 is 0 Å². The van der Waals surface area contributed by atoms with E-state index >= 15 is 0 Å². The Morgan fingerprint density at radius 2 is 1.94 bits per heavy atom. The van der Waals surface area contributed by atoms with Crippen molar-refractivity contribution in [3.8, 4) is 17.0 Å². The van der Waals surface area contributed by atoms with E-state index in [9.17, 15) is 4.79 Å². The van der Waals surface area contributed by atoms with Gasteiger partial charge in [0.25, 0.3) is 0 Å². The van der Waals surface area contributed by atoms with E-state index in [-0.39, 0.29) is 11.9 Å². The van der Waals surface area contributed by atoms with Gasteiger partial charge >= 0.3 is 6.03 Å². The Balaban J connectivity index is 1.33. The number of hydrogen-bond donors (Lipinski definition) is 1. The van der Waals surface area contributed by atoms with Gasteiger partial charge in [-0.1, -0.05) is 30.3 Å². The van der Waals surface area contributed by atoms with E-state index in [1.807, 2.05) is 49.3 Å². The second kappa shape index (κ2) is 10.3. The zero-order valence-electron chi connectivity index (χ0n) is 21.1. The smallest absolute Gasteiger partial charge is 0.317 e. The molecule has 7 nitrogen and oxygen atoms in total. The van der Waals surface area contributed by atoms with E-state index < -0.39 is 0 Å². The molecule has 0 saturated carbocycles. The second-order valence-electron chi connectivity index (χ2n) is 9.51. The average Bonchev–Trinajstić information content (AvgIpc) is 3.32. The number of amides is 2. The molecule has 1 saturated heterocycles. The lowest BCUT2D eigenvalue weighted by atomic mass is 9.97. The number of urea groups is 1. The lowest BCUT2D eigenvalue weighted by Crippen LogP contribution is -2.45. The fraction of sp³-hybridized carbons (Fsp3) is 0.310. The summed E-state index contributed by atoms with van der Waals surface area (Å²) in [5, 5.41) is 3.10. The highest BCUT2D eigenvalue weighted by Crippen LogP contribution is 2.33. The maximum atomic E-state index is 13.0. The molecule has 0 bridgehead atoms. The molecule has 0 unspecified atom stereocenters. The van der Waals surface area contributed by atoms with Crippen molar-refractivity contribution >= 4 is 17.2 Å². The average molecular weight is 484 g/mol. The minimum atomic E-state index is -0.0229. The summed E-state index contributed by atoms with van der Waals surface area (Å²) in [6.45, 7) is 1.92. The highest BCUT2D eigenvalue weighted by atomic mass is 16.5. The van der Waals surface area contributed by atoms with Crippen molar-refractivity contribution in [2.45, 2.75) is 25.3 Å². The Morgan fingerprint density at radius 3 is 2.72 bits per heavy atom. The van der Waals surface area contributed by atoms with Crippen molar-refractivity contribution in [1.82, 2.24) is 19.6 Å². The third-order valence-electron chi connectivity index (χ3n) is 6.89. The molecule has 2 amide bonds. The maximum absolute atomic E-state index is 13.0. The molecule has 1 N–H and O–H groups in total. The number of aromatic nitrogens is 2. The Hall–Kier alpha value is -4.00. The van der Waals surface area contributed by atoms with Crippen LogP contribution in [0.4, 0.5) is 10.5 Å². The van der Waals surface area contributed by atoms with E-state index in [4.69, 9.17) is 9.72 Å². The largest absolute Gasteiger partial charge is 0.497 e. The van der Waals surface area contributed by atoms with Gasteiger partial charge in [-0.15, -0.1) is 0 Å². The number of carbonyl (C=O) groups is 1. The van der Waals surface area contributed by atoms with Gasteiger partial charge in [0.15, 0.2) is 0 Å². The number of rotatable bonds is 6. The third kappa shape index (κ3) is 4.87. The van der Waals surface area contributed by atoms with Gasteiger partial charge in [0.1, 0.15) is 11.6 Å². The van der Waals surface area contributed by atoms with Crippen molar-refractivity contribution in [1.29, 1.82) is 0 Å². The van der Waals surface area contributed by atoms with Crippen molar-refractivity contribution in [3.05, 3.63) is 84.3 Å². The van der Waals surface area contributed by atoms with E-state index in [0.29, 0.717) is 13.1 Å². The van der Waals surface area contributed by atoms with Crippen LogP contribution in [0.25, 0.3) is 16.8 Å². The lowest BCUT2D eigenvalue weighted by molar-refractivity contribution is 0.178. The fourth-order valence-electron chi connectivity index (χ4n) is 4.91. The number of benzene rings is 2. The number of nitrogens with one attached hydrogen (secondary N) is 1. The Labute approximate surface area is 212 Å². The number of pyridine rings is 1. The molecule has 36 heavy (non-hydrogen) atoms. The quantitative estimate of drug-likeness (QED) is 0.411. The maximum Gasteiger partial charge on any atom is 0.317 e. The second-order valence-corrected chi connectivity index (χ2v) is 9.51. The predicted octanol–water partition coefficient (Wildman–Crippen LogP) is 5.17. The van der Waals surface area contributed by atoms with Crippen LogP contribution in [0.5, 0.6) is 5.75 Å². The minimum absolute atomic E-state index is 0.0229. The number of carbonyl (C=O) groups excluding carboxylic acids is 1. The van der Waals surface area contributed by atoms with Crippen molar-refractivity contribution < 1.29 is 9.53 Å². The van der Waals surface area contributed by atoms with Crippen molar-refractivity contribution in [3.63, 3.8) is 0 Å². The van der Waals surface area contributed by atoms with Gasteiger partial charge in [-0.05, 0) is 54.8 Å². The first-order chi connectivity index (χ1) is 17.5. The number of methoxy groups -OCH3 is 1. The molecule has 0 aliphatic carbocycles. The summed E-state index contributed by atoms with van der Waals surface area (Å²) < 4.78 is 7.61. The Kier molecular flexibility index (Phi) is 6.80. The molecule has 2 aromatic heterocycles. The number of anilines is 1. The summed E-state index contributed by atoms with van der Waals surface area (Å²) >= 11 is 0. The number of imidazole rings is 1. The summed E-state index contributed by atoms with van der Waals surface area (Å²) in [5.74, 6) is 1.97. The van der Waals surface area contributed by atoms with E-state index in [0.717, 1.165) is 59.0 Å². The molecule has 4 aromatic rings. The summed E-state index contributed by atoms with van der Waals surface area (Å²) in [6, 6.07) is 22.4. The molecule has 0 radical (unpaired) electrons. The van der Waals surface area contributed by atoms with Crippen LogP contribution in [0.15, 0.2) is 72.9 Å². The van der Waals surface area contributed by atoms with Gasteiger partial charge in [-0.25, -0.2) is 9.78 Å². The number of piperidine rings is 1. The van der Waals surface area contributed by atoms with Crippen LogP contribution in [0.1, 0.15) is 30.1 Å². The minimum Gasteiger partial charge on any atom is -0.497 e. The van der Waals surface area contributed by atoms with Gasteiger partial charge in [-0.3, -0.25) is 0 Å². The molecule has 2 aromatic carbocycles. The molecule has 0 spiro atoms. The normalized spacial score (nSPS) is 15.6. The van der Waals surface area contributed by atoms with E-state index in [1.54, 1.807) is 7.11 Å². The highest BCUT2D eigenvalue weighted by Gasteiger charge is 2.28. The van der Waals surface area contributed by atoms with Gasteiger partial charge in [0, 0.05) is 57.1 Å². The zero-order chi connectivity index (χ0) is 25.1. The molecular formula is C29H33N5O2. The fourth-order valence-corrected chi connectivity index (χ4v) is 4.91. The number of nitrogens with zero attached hydrogens (tertiary/aromatic N) is 4. The standard InChI is InChI=1S/C29H33N5O2/c1-32(2)24-14-12-21(13-15-24)19-30-29(35)33-16-7-9-23(20-33)28-31-27(26-11-4-5-17-34(26)28)22-8-6-10-25(18-22)36-3/h4-6,8,10-15,17-18,23H,7,9,16,19-20H2,1-3H3,(H,30,35)/t23-/m1/s1. The molecular weight excluding hydrogens is 450 g/mol. The number of ether oxygens (including phenoxy) is 1. The van der Waals surface area contributed by atoms with Crippen LogP contribution in [-0.2, 0) is 6.54 Å². The third-order valence-corrected chi connectivity index (χ3v) is 6.89. The van der Waals surface area contributed by atoms with Gasteiger partial charge in [0.05, 0.1) is 18.3 Å². The predicted molar refractivity (Wildman–Crippen MR) is 144 cm³/mol. The summed E-state index contributed by atoms with van der Waals surface area (Å²) in [6.07, 6.45) is 4.02. The van der Waals surface area contributed by atoms with Gasteiger partial charge in [0.2, 0.25) is 0 Å². The topological polar surface area (TPSA) is 62.1 Å². The molecule has 7 heteroatoms. The first kappa shape index (κ1) is 23.7. The van der Waals surface area contributed by atoms with Crippen LogP contribution in [-0.4, -0.2) is 54.6 Å². The Morgan fingerprint density at radius 1 is 1.11 bits per heavy atom. The molecule has 1 aliphatic heterocycles. The lowest BCUT2D eigenvalue weighted by Gasteiger charge is -2.32. The Bertz CT molecular complexity index is 1350. The van der Waals surface area contributed by atoms with Crippen molar-refractivity contribution in [2.75, 3.05) is 39.2 Å². The molecule has 5 rings (SSSR count). The first-order valence-corrected chi connectivity index (χ1v) is 12.4. The summed E-state index contributed by atoms with van der Waals surface area (Å²) in [4.78, 5) is 22.2. The monoisotopic (exact) mass is 483 g/mol. The highest BCUT2D eigenvalue weighted by molar-refractivity contribution is 5.78. The van der Waals surface area contributed by atoms with E-state index in [1.165, 1.54) is 0 Å². The number of hydrogen-bond acceptors (Lipinski definition) is 4. The van der Waals surface area contributed by atoms with Crippen LogP contribution in [0.3, 0.4) is 0 Å². The molecule has 3 heterocycles. The number of fused-ring (bicyclic) bond motifs is 1. The van der Waals surface area contributed by atoms with Crippen LogP contribution in [0, 0.1) is 0 Å². The van der Waals surface area contributed by atoms with Gasteiger partial charge in [-0.2, -0.15) is 0 Å². The molecule has 1 fully saturated rings. The molecule has 186 valence electrons. The van der Waals surface area contributed by atoms with Crippen LogP contribution in [0.2, 0.25) is 0 Å². The first-order valence-electron chi connectivity index (χ1n) is 12.4. The SMILES string of the molecule is COc1cccc(-c2nc([C@@H]3CCCN(C(=O)NCc4ccc(N(C)C)cc4)C3)n3ccccc23)c1. The van der Waals surface area contributed by atoms with Crippen LogP contribution < -0.4 is 15.0 Å². The van der Waals surface area contributed by atoms with Crippen molar-refractivity contribution in [2.24, 2.45) is 0 Å². The van der Waals surface area contributed by atoms with E-state index in [2.05, 4.69) is 57.2 Å². The van der Waals surface area contributed by atoms with Gasteiger partial charge < -0.3 is 24.3 Å². The summed E-state index contributed by atoms with van der Waals surface area (Å²) in [5.41, 5.74) is 5.25. The summed E-state index contributed by atoms with van der Waals surface area (Å²) in [7, 11) is 5.72. The zero-order valence-corrected chi connectivity index (χ0v) is 21.1. The molecule has 1 atom stereocenters. The molecule has 1 aliphatic rings. The number of likely N-dealkylation sites (tertiary alicyclic amines) is 1.